The summed E-state index contributed by atoms with van der Waals surface area (Å²) < 4.78 is 21.4. The summed E-state index contributed by atoms with van der Waals surface area (Å²) in [7, 11) is 1.53. The van der Waals surface area contributed by atoms with Gasteiger partial charge < -0.3 is 24.3 Å². The van der Waals surface area contributed by atoms with E-state index in [4.69, 9.17) is 30.5 Å². The quantitative estimate of drug-likeness (QED) is 0.374. The Kier molecular flexibility index (Phi) is 7.43. The van der Waals surface area contributed by atoms with Crippen molar-refractivity contribution in [3.8, 4) is 23.0 Å². The first kappa shape index (κ1) is 25.5. The number of carbonyl (C=O) groups excluding carboxylic acids is 3. The predicted molar refractivity (Wildman–Crippen MR) is 143 cm³/mol. The van der Waals surface area contributed by atoms with Crippen molar-refractivity contribution in [1.29, 1.82) is 0 Å². The van der Waals surface area contributed by atoms with Crippen molar-refractivity contribution in [2.75, 3.05) is 25.8 Å². The Balaban J connectivity index is 1.19. The highest BCUT2D eigenvalue weighted by atomic mass is 35.5. The molecule has 1 saturated heterocycles. The number of anilines is 1. The van der Waals surface area contributed by atoms with Crippen LogP contribution in [-0.4, -0.2) is 42.5 Å². The number of methoxy groups -OCH3 is 1. The number of imide groups is 1. The van der Waals surface area contributed by atoms with Gasteiger partial charge in [-0.25, -0.2) is 0 Å². The molecule has 3 amide bonds. The molecule has 1 N–H and O–H groups in total. The molecule has 0 atom stereocenters. The molecular formula is C27H21ClN2O7S. The fraction of sp³-hybridized carbons (Fsp3) is 0.148. The number of hydrogen-bond donors (Lipinski definition) is 1. The first-order chi connectivity index (χ1) is 18.4. The molecule has 0 radical (unpaired) electrons. The molecule has 38 heavy (non-hydrogen) atoms. The van der Waals surface area contributed by atoms with Gasteiger partial charge in [0.05, 0.1) is 24.2 Å². The molecule has 2 aliphatic rings. The maximum Gasteiger partial charge on any atom is 0.293 e. The topological polar surface area (TPSA) is 103 Å². The van der Waals surface area contributed by atoms with Crippen LogP contribution in [0.4, 0.5) is 10.5 Å². The highest BCUT2D eigenvalue weighted by molar-refractivity contribution is 8.18. The van der Waals surface area contributed by atoms with Crippen LogP contribution in [-0.2, 0) is 16.1 Å². The van der Waals surface area contributed by atoms with Crippen LogP contribution in [0.25, 0.3) is 6.08 Å². The minimum absolute atomic E-state index is 0.0151. The molecule has 0 spiro atoms. The Hall–Kier alpha value is -4.15. The molecule has 2 heterocycles. The number of hydrogen-bond acceptors (Lipinski definition) is 8. The van der Waals surface area contributed by atoms with E-state index < -0.39 is 11.1 Å². The number of nitrogens with one attached hydrogen (secondary N) is 1. The Morgan fingerprint density at radius 1 is 1.11 bits per heavy atom. The number of para-hydroxylation sites is 2. The maximum absolute atomic E-state index is 12.9. The third-order valence-corrected chi connectivity index (χ3v) is 6.93. The van der Waals surface area contributed by atoms with Crippen molar-refractivity contribution in [1.82, 2.24) is 4.90 Å². The van der Waals surface area contributed by atoms with Crippen LogP contribution in [0, 0.1) is 0 Å². The lowest BCUT2D eigenvalue weighted by atomic mass is 10.1. The molecule has 3 aromatic carbocycles. The second kappa shape index (κ2) is 11.1. The average Bonchev–Trinajstić information content (AvgIpc) is 3.47. The molecule has 0 saturated carbocycles. The van der Waals surface area contributed by atoms with Gasteiger partial charge in [0.25, 0.3) is 17.1 Å². The Morgan fingerprint density at radius 2 is 1.84 bits per heavy atom. The summed E-state index contributed by atoms with van der Waals surface area (Å²) in [5.74, 6) is 1.32. The van der Waals surface area contributed by atoms with E-state index >= 15 is 0 Å². The second-order valence-electron chi connectivity index (χ2n) is 8.17. The minimum Gasteiger partial charge on any atom is -0.495 e. The van der Waals surface area contributed by atoms with E-state index in [1.54, 1.807) is 60.7 Å². The Bertz CT molecular complexity index is 1440. The maximum atomic E-state index is 12.9. The van der Waals surface area contributed by atoms with Gasteiger partial charge in [-0.2, -0.15) is 0 Å². The monoisotopic (exact) mass is 552 g/mol. The lowest BCUT2D eigenvalue weighted by molar-refractivity contribution is -0.123. The molecule has 9 nitrogen and oxygen atoms in total. The van der Waals surface area contributed by atoms with Crippen molar-refractivity contribution < 1.29 is 33.3 Å². The van der Waals surface area contributed by atoms with E-state index in [-0.39, 0.29) is 30.8 Å². The second-order valence-corrected chi connectivity index (χ2v) is 9.57. The molecular weight excluding hydrogens is 532 g/mol. The predicted octanol–water partition coefficient (Wildman–Crippen LogP) is 5.33. The molecule has 3 aromatic rings. The van der Waals surface area contributed by atoms with Gasteiger partial charge >= 0.3 is 0 Å². The van der Waals surface area contributed by atoms with Crippen molar-refractivity contribution in [2.45, 2.75) is 6.54 Å². The van der Waals surface area contributed by atoms with Gasteiger partial charge in [-0.05, 0) is 59.3 Å². The number of amides is 3. The highest BCUT2D eigenvalue weighted by Crippen LogP contribution is 2.39. The van der Waals surface area contributed by atoms with Gasteiger partial charge in [0.2, 0.25) is 6.79 Å². The summed E-state index contributed by atoms with van der Waals surface area (Å²) in [6.07, 6.45) is 1.63. The molecule has 0 aliphatic carbocycles. The molecule has 0 unspecified atom stereocenters. The summed E-state index contributed by atoms with van der Waals surface area (Å²) in [5, 5.41) is 2.73. The fourth-order valence-electron chi connectivity index (χ4n) is 3.78. The smallest absolute Gasteiger partial charge is 0.293 e. The van der Waals surface area contributed by atoms with Gasteiger partial charge in [-0.3, -0.25) is 19.3 Å². The van der Waals surface area contributed by atoms with E-state index in [2.05, 4.69) is 5.32 Å². The van der Waals surface area contributed by atoms with E-state index in [0.717, 1.165) is 16.7 Å². The lowest BCUT2D eigenvalue weighted by Crippen LogP contribution is -2.27. The van der Waals surface area contributed by atoms with Crippen LogP contribution >= 0.6 is 23.4 Å². The third kappa shape index (κ3) is 5.56. The molecule has 1 fully saturated rings. The SMILES string of the molecule is COc1ccccc1NC(=O)COc1ccc(/C=C2\SC(=O)N(Cc3cc4c(cc3Cl)OCO4)C2=O)cc1. The van der Waals surface area contributed by atoms with Crippen LogP contribution in [0.15, 0.2) is 65.6 Å². The lowest BCUT2D eigenvalue weighted by Gasteiger charge is -2.14. The summed E-state index contributed by atoms with van der Waals surface area (Å²) in [5.41, 5.74) is 1.83. The van der Waals surface area contributed by atoms with Crippen molar-refractivity contribution in [3.63, 3.8) is 0 Å². The number of ether oxygens (including phenoxy) is 4. The fourth-order valence-corrected chi connectivity index (χ4v) is 4.83. The summed E-state index contributed by atoms with van der Waals surface area (Å²) in [6, 6.07) is 17.2. The van der Waals surface area contributed by atoms with Gasteiger partial charge in [-0.1, -0.05) is 35.9 Å². The number of rotatable bonds is 8. The average molecular weight is 553 g/mol. The van der Waals surface area contributed by atoms with Gasteiger partial charge in [0.1, 0.15) is 11.5 Å². The Morgan fingerprint density at radius 3 is 2.61 bits per heavy atom. The Labute approximate surface area is 227 Å². The van der Waals surface area contributed by atoms with Crippen LogP contribution in [0.5, 0.6) is 23.0 Å². The number of carbonyl (C=O) groups is 3. The van der Waals surface area contributed by atoms with Crippen LogP contribution < -0.4 is 24.3 Å². The van der Waals surface area contributed by atoms with Crippen molar-refractivity contribution in [3.05, 3.63) is 81.7 Å². The standard InChI is InChI=1S/C27H21ClN2O7S/c1-34-21-5-3-2-4-20(21)29-25(31)14-35-18-8-6-16(7-9-18)10-24-26(32)30(27(33)38-24)13-17-11-22-23(12-19(17)28)37-15-36-22/h2-12H,13-15H2,1H3,(H,29,31)/b24-10-. The molecule has 0 bridgehead atoms. The number of thioether (sulfide) groups is 1. The highest BCUT2D eigenvalue weighted by Gasteiger charge is 2.35. The van der Waals surface area contributed by atoms with Crippen LogP contribution in [0.3, 0.4) is 0 Å². The normalized spacial score (nSPS) is 15.2. The molecule has 11 heteroatoms. The van der Waals surface area contributed by atoms with Crippen molar-refractivity contribution in [2.24, 2.45) is 0 Å². The van der Waals surface area contributed by atoms with Gasteiger partial charge in [0.15, 0.2) is 18.1 Å². The summed E-state index contributed by atoms with van der Waals surface area (Å²) >= 11 is 7.17. The zero-order valence-corrected chi connectivity index (χ0v) is 21.6. The van der Waals surface area contributed by atoms with Gasteiger partial charge in [0, 0.05) is 11.1 Å². The summed E-state index contributed by atoms with van der Waals surface area (Å²) in [6.45, 7) is -0.0841. The van der Waals surface area contributed by atoms with E-state index in [1.807, 2.05) is 6.07 Å². The van der Waals surface area contributed by atoms with Crippen LogP contribution in [0.1, 0.15) is 11.1 Å². The molecule has 5 rings (SSSR count). The zero-order valence-electron chi connectivity index (χ0n) is 20.1. The zero-order chi connectivity index (χ0) is 26.6. The third-order valence-electron chi connectivity index (χ3n) is 5.67. The molecule has 194 valence electrons. The number of benzene rings is 3. The molecule has 0 aromatic heterocycles. The number of nitrogens with zero attached hydrogens (tertiary/aromatic N) is 1. The van der Waals surface area contributed by atoms with E-state index in [1.165, 1.54) is 7.11 Å². The van der Waals surface area contributed by atoms with E-state index in [9.17, 15) is 14.4 Å². The number of fused-ring (bicyclic) bond motifs is 1. The van der Waals surface area contributed by atoms with E-state index in [0.29, 0.717) is 44.8 Å². The molecule has 2 aliphatic heterocycles. The summed E-state index contributed by atoms with van der Waals surface area (Å²) in [4.78, 5) is 39.2. The van der Waals surface area contributed by atoms with Crippen LogP contribution in [0.2, 0.25) is 5.02 Å². The first-order valence-corrected chi connectivity index (χ1v) is 12.6. The first-order valence-electron chi connectivity index (χ1n) is 11.4. The van der Waals surface area contributed by atoms with Gasteiger partial charge in [-0.15, -0.1) is 0 Å². The minimum atomic E-state index is -0.415. The largest absolute Gasteiger partial charge is 0.495 e. The van der Waals surface area contributed by atoms with Crippen molar-refractivity contribution >= 4 is 52.2 Å². The number of halogens is 1.